The van der Waals surface area contributed by atoms with Gasteiger partial charge in [0, 0.05) is 27.9 Å². The number of ether oxygens (including phenoxy) is 1. The maximum absolute atomic E-state index is 11.3. The molecule has 0 fully saturated rings. The normalized spacial score (nSPS) is 11.1. The number of carbonyl (C=O) groups is 2. The van der Waals surface area contributed by atoms with E-state index in [9.17, 15) is 9.59 Å². The zero-order valence-electron chi connectivity index (χ0n) is 9.27. The molecule has 0 spiro atoms. The summed E-state index contributed by atoms with van der Waals surface area (Å²) in [6.07, 6.45) is 1.64. The van der Waals surface area contributed by atoms with Crippen molar-refractivity contribution in [1.82, 2.24) is 0 Å². The molecule has 5 heteroatoms. The quantitative estimate of drug-likeness (QED) is 0.386. The van der Waals surface area contributed by atoms with Gasteiger partial charge in [0.05, 0.1) is 6.61 Å². The van der Waals surface area contributed by atoms with Crippen LogP contribution in [0.1, 0.15) is 12.5 Å². The van der Waals surface area contributed by atoms with Gasteiger partial charge in [-0.1, -0.05) is 11.6 Å². The van der Waals surface area contributed by atoms with E-state index in [-0.39, 0.29) is 12.2 Å². The minimum atomic E-state index is -0.589. The molecule has 0 aliphatic rings. The lowest BCUT2D eigenvalue weighted by Crippen LogP contribution is -2.03. The van der Waals surface area contributed by atoms with E-state index in [1.165, 1.54) is 6.07 Å². The fraction of sp³-hybridized carbons (Fsp3) is 0.167. The number of aldehydes is 1. The molecule has 1 rings (SSSR count). The molecule has 0 unspecified atom stereocenters. The van der Waals surface area contributed by atoms with Crippen LogP contribution in [0.2, 0.25) is 5.02 Å². The second-order valence-corrected chi connectivity index (χ2v) is 3.64. The summed E-state index contributed by atoms with van der Waals surface area (Å²) in [4.78, 5) is 22.2. The lowest BCUT2D eigenvalue weighted by Gasteiger charge is -2.05. The number of hydrogen-bond donors (Lipinski definition) is 1. The Bertz CT molecular complexity index is 469. The SMILES string of the molecule is CCOC(=O)/C=C(\C=O)c1cc(Cl)ccc1N. The summed E-state index contributed by atoms with van der Waals surface area (Å²) >= 11 is 5.80. The van der Waals surface area contributed by atoms with Crippen LogP contribution in [0.4, 0.5) is 5.69 Å². The molecule has 1 aromatic carbocycles. The molecule has 17 heavy (non-hydrogen) atoms. The first-order chi connectivity index (χ1) is 8.08. The first-order valence-electron chi connectivity index (χ1n) is 4.97. The zero-order chi connectivity index (χ0) is 12.8. The van der Waals surface area contributed by atoms with Crippen LogP contribution in [-0.2, 0) is 14.3 Å². The molecule has 0 aliphatic carbocycles. The minimum Gasteiger partial charge on any atom is -0.463 e. The third kappa shape index (κ3) is 3.60. The van der Waals surface area contributed by atoms with Crippen LogP contribution in [0.25, 0.3) is 5.57 Å². The van der Waals surface area contributed by atoms with Gasteiger partial charge in [-0.2, -0.15) is 0 Å². The van der Waals surface area contributed by atoms with E-state index in [1.54, 1.807) is 19.1 Å². The Morgan fingerprint density at radius 2 is 2.24 bits per heavy atom. The predicted molar refractivity (Wildman–Crippen MR) is 66.5 cm³/mol. The van der Waals surface area contributed by atoms with E-state index in [0.29, 0.717) is 22.6 Å². The van der Waals surface area contributed by atoms with Crippen molar-refractivity contribution in [2.24, 2.45) is 0 Å². The minimum absolute atomic E-state index is 0.142. The Labute approximate surface area is 104 Å². The van der Waals surface area contributed by atoms with Crippen LogP contribution in [0.5, 0.6) is 0 Å². The number of nitrogen functional groups attached to an aromatic ring is 1. The molecule has 0 heterocycles. The summed E-state index contributed by atoms with van der Waals surface area (Å²) in [6.45, 7) is 1.92. The van der Waals surface area contributed by atoms with Gasteiger partial charge in [0.1, 0.15) is 0 Å². The van der Waals surface area contributed by atoms with Gasteiger partial charge in [-0.25, -0.2) is 4.79 Å². The van der Waals surface area contributed by atoms with Gasteiger partial charge in [0.2, 0.25) is 0 Å². The fourth-order valence-corrected chi connectivity index (χ4v) is 1.44. The van der Waals surface area contributed by atoms with Gasteiger partial charge >= 0.3 is 5.97 Å². The van der Waals surface area contributed by atoms with Crippen LogP contribution < -0.4 is 5.73 Å². The van der Waals surface area contributed by atoms with Crippen LogP contribution in [0.15, 0.2) is 24.3 Å². The van der Waals surface area contributed by atoms with Crippen LogP contribution >= 0.6 is 11.6 Å². The molecule has 0 saturated carbocycles. The van der Waals surface area contributed by atoms with Crippen molar-refractivity contribution in [2.75, 3.05) is 12.3 Å². The molecule has 2 N–H and O–H groups in total. The summed E-state index contributed by atoms with van der Waals surface area (Å²) in [5.74, 6) is -0.589. The van der Waals surface area contributed by atoms with Crippen molar-refractivity contribution in [3.8, 4) is 0 Å². The van der Waals surface area contributed by atoms with Crippen molar-refractivity contribution in [1.29, 1.82) is 0 Å². The Kier molecular flexibility index (Phi) is 4.72. The molecule has 0 saturated heterocycles. The van der Waals surface area contributed by atoms with Gasteiger partial charge in [0.15, 0.2) is 6.29 Å². The summed E-state index contributed by atoms with van der Waals surface area (Å²) in [7, 11) is 0. The number of hydrogen-bond acceptors (Lipinski definition) is 4. The Morgan fingerprint density at radius 1 is 1.53 bits per heavy atom. The van der Waals surface area contributed by atoms with E-state index in [4.69, 9.17) is 22.1 Å². The van der Waals surface area contributed by atoms with Crippen LogP contribution in [-0.4, -0.2) is 18.9 Å². The number of benzene rings is 1. The number of carbonyl (C=O) groups excluding carboxylic acids is 2. The number of rotatable bonds is 4. The maximum atomic E-state index is 11.3. The lowest BCUT2D eigenvalue weighted by molar-refractivity contribution is -0.137. The highest BCUT2D eigenvalue weighted by Gasteiger charge is 2.08. The van der Waals surface area contributed by atoms with Crippen molar-refractivity contribution < 1.29 is 14.3 Å². The molecule has 90 valence electrons. The molecule has 0 amide bonds. The average molecular weight is 254 g/mol. The van der Waals surface area contributed by atoms with Gasteiger partial charge in [-0.3, -0.25) is 4.79 Å². The maximum Gasteiger partial charge on any atom is 0.331 e. The van der Waals surface area contributed by atoms with Gasteiger partial charge in [0.25, 0.3) is 0 Å². The topological polar surface area (TPSA) is 69.4 Å². The van der Waals surface area contributed by atoms with Gasteiger partial charge in [-0.05, 0) is 25.1 Å². The number of esters is 1. The highest BCUT2D eigenvalue weighted by molar-refractivity contribution is 6.31. The fourth-order valence-electron chi connectivity index (χ4n) is 1.26. The van der Waals surface area contributed by atoms with Gasteiger partial charge < -0.3 is 10.5 Å². The third-order valence-corrected chi connectivity index (χ3v) is 2.25. The third-order valence-electron chi connectivity index (χ3n) is 2.01. The number of nitrogens with two attached hydrogens (primary N) is 1. The van der Waals surface area contributed by atoms with Gasteiger partial charge in [-0.15, -0.1) is 0 Å². The zero-order valence-corrected chi connectivity index (χ0v) is 10.0. The molecule has 0 atom stereocenters. The highest BCUT2D eigenvalue weighted by Crippen LogP contribution is 2.24. The van der Waals surface area contributed by atoms with Crippen LogP contribution in [0.3, 0.4) is 0 Å². The summed E-state index contributed by atoms with van der Waals surface area (Å²) < 4.78 is 4.72. The van der Waals surface area contributed by atoms with E-state index >= 15 is 0 Å². The van der Waals surface area contributed by atoms with Crippen LogP contribution in [0, 0.1) is 0 Å². The van der Waals surface area contributed by atoms with E-state index < -0.39 is 5.97 Å². The van der Waals surface area contributed by atoms with E-state index in [2.05, 4.69) is 0 Å². The molecule has 0 radical (unpaired) electrons. The summed E-state index contributed by atoms with van der Waals surface area (Å²) in [6, 6.07) is 4.70. The second kappa shape index (κ2) is 6.06. The van der Waals surface area contributed by atoms with E-state index in [1.807, 2.05) is 0 Å². The average Bonchev–Trinajstić information content (AvgIpc) is 2.30. The smallest absolute Gasteiger partial charge is 0.331 e. The number of halogens is 1. The molecular weight excluding hydrogens is 242 g/mol. The highest BCUT2D eigenvalue weighted by atomic mass is 35.5. The molecule has 0 aromatic heterocycles. The van der Waals surface area contributed by atoms with Crippen molar-refractivity contribution in [3.05, 3.63) is 34.9 Å². The monoisotopic (exact) mass is 253 g/mol. The number of allylic oxidation sites excluding steroid dienone is 1. The summed E-state index contributed by atoms with van der Waals surface area (Å²) in [5.41, 5.74) is 6.64. The first-order valence-corrected chi connectivity index (χ1v) is 5.35. The molecule has 1 aromatic rings. The first kappa shape index (κ1) is 13.3. The van der Waals surface area contributed by atoms with E-state index in [0.717, 1.165) is 6.08 Å². The number of anilines is 1. The Hall–Kier alpha value is -1.81. The largest absolute Gasteiger partial charge is 0.463 e. The molecule has 0 aliphatic heterocycles. The standard InChI is InChI=1S/C12H12ClNO3/c1-2-17-12(16)5-8(7-15)10-6-9(13)3-4-11(10)14/h3-7H,2,14H2,1H3/b8-5+. The molecule has 4 nitrogen and oxygen atoms in total. The Balaban J connectivity index is 3.13. The molecule has 0 bridgehead atoms. The Morgan fingerprint density at radius 3 is 2.82 bits per heavy atom. The summed E-state index contributed by atoms with van der Waals surface area (Å²) in [5, 5.41) is 0.436. The molecular formula is C12H12ClNO3. The van der Waals surface area contributed by atoms with Crippen molar-refractivity contribution >= 4 is 35.1 Å². The lowest BCUT2D eigenvalue weighted by atomic mass is 10.0. The van der Waals surface area contributed by atoms with Crippen molar-refractivity contribution in [3.63, 3.8) is 0 Å². The second-order valence-electron chi connectivity index (χ2n) is 3.20. The predicted octanol–water partition coefficient (Wildman–Crippen LogP) is 2.07. The van der Waals surface area contributed by atoms with Crippen molar-refractivity contribution in [2.45, 2.75) is 6.92 Å².